The minimum atomic E-state index is -0.250. The van der Waals surface area contributed by atoms with Gasteiger partial charge in [0.1, 0.15) is 5.75 Å². The number of phenolic OH excluding ortho intramolecular Hbond substituents is 1. The molecule has 2 aromatic rings. The van der Waals surface area contributed by atoms with Crippen molar-refractivity contribution >= 4 is 11.5 Å². The van der Waals surface area contributed by atoms with Crippen LogP contribution in [-0.4, -0.2) is 10.9 Å². The number of ketones is 1. The van der Waals surface area contributed by atoms with E-state index in [0.717, 1.165) is 11.1 Å². The van der Waals surface area contributed by atoms with Gasteiger partial charge in [0.05, 0.1) is 5.56 Å². The average Bonchev–Trinajstić information content (AvgIpc) is 2.39. The van der Waals surface area contributed by atoms with Crippen LogP contribution in [-0.2, 0) is 5.41 Å². The van der Waals surface area contributed by atoms with Crippen LogP contribution in [0.4, 0.5) is 5.69 Å². The molecule has 0 heterocycles. The van der Waals surface area contributed by atoms with Gasteiger partial charge in [-0.25, -0.2) is 0 Å². The maximum Gasteiger partial charge on any atom is 0.198 e. The van der Waals surface area contributed by atoms with Crippen molar-refractivity contribution in [3.05, 3.63) is 58.7 Å². The van der Waals surface area contributed by atoms with Crippen LogP contribution in [0.1, 0.15) is 47.8 Å². The van der Waals surface area contributed by atoms with E-state index in [9.17, 15) is 9.90 Å². The fourth-order valence-electron chi connectivity index (χ4n) is 2.37. The van der Waals surface area contributed by atoms with Gasteiger partial charge in [-0.2, -0.15) is 0 Å². The first-order chi connectivity index (χ1) is 9.71. The molecule has 0 fully saturated rings. The maximum absolute atomic E-state index is 12.7. The zero-order valence-electron chi connectivity index (χ0n) is 12.9. The number of hydrogen-bond donors (Lipinski definition) is 2. The van der Waals surface area contributed by atoms with Crippen molar-refractivity contribution in [3.63, 3.8) is 0 Å². The van der Waals surface area contributed by atoms with Gasteiger partial charge in [-0.15, -0.1) is 0 Å². The molecular formula is C18H21NO2. The Balaban J connectivity index is 2.63. The molecule has 0 bridgehead atoms. The molecule has 0 saturated carbocycles. The highest BCUT2D eigenvalue weighted by atomic mass is 16.3. The molecule has 0 atom stereocenters. The van der Waals surface area contributed by atoms with Crippen molar-refractivity contribution in [1.82, 2.24) is 0 Å². The van der Waals surface area contributed by atoms with Gasteiger partial charge in [0.15, 0.2) is 5.78 Å². The number of carbonyl (C=O) groups excluding carboxylic acids is 1. The van der Waals surface area contributed by atoms with E-state index in [0.29, 0.717) is 16.8 Å². The molecule has 110 valence electrons. The predicted molar refractivity (Wildman–Crippen MR) is 85.8 cm³/mol. The lowest BCUT2D eigenvalue weighted by atomic mass is 9.83. The van der Waals surface area contributed by atoms with Crippen molar-refractivity contribution in [2.75, 3.05) is 5.73 Å². The lowest BCUT2D eigenvalue weighted by molar-refractivity contribution is 0.103. The van der Waals surface area contributed by atoms with Crippen molar-refractivity contribution in [1.29, 1.82) is 0 Å². The van der Waals surface area contributed by atoms with E-state index in [4.69, 9.17) is 5.73 Å². The Hall–Kier alpha value is -2.29. The van der Waals surface area contributed by atoms with Crippen LogP contribution in [0.3, 0.4) is 0 Å². The van der Waals surface area contributed by atoms with Crippen LogP contribution in [0.5, 0.6) is 5.75 Å². The molecule has 0 aliphatic carbocycles. The highest BCUT2D eigenvalue weighted by Gasteiger charge is 2.24. The molecule has 3 nitrogen and oxygen atoms in total. The summed E-state index contributed by atoms with van der Waals surface area (Å²) in [6.07, 6.45) is 0. The highest BCUT2D eigenvalue weighted by Crippen LogP contribution is 2.35. The van der Waals surface area contributed by atoms with Gasteiger partial charge >= 0.3 is 0 Å². The third-order valence-electron chi connectivity index (χ3n) is 3.51. The minimum Gasteiger partial charge on any atom is -0.507 e. The minimum absolute atomic E-state index is 0.0429. The predicted octanol–water partition coefficient (Wildman–Crippen LogP) is 3.81. The maximum atomic E-state index is 12.7. The first-order valence-electron chi connectivity index (χ1n) is 6.95. The van der Waals surface area contributed by atoms with Crippen LogP contribution in [0, 0.1) is 6.92 Å². The Kier molecular flexibility index (Phi) is 3.77. The van der Waals surface area contributed by atoms with Gasteiger partial charge in [0.25, 0.3) is 0 Å². The topological polar surface area (TPSA) is 63.3 Å². The third kappa shape index (κ3) is 2.92. The summed E-state index contributed by atoms with van der Waals surface area (Å²) in [5, 5.41) is 10.5. The number of carbonyl (C=O) groups is 1. The number of rotatable bonds is 2. The van der Waals surface area contributed by atoms with Crippen molar-refractivity contribution in [2.45, 2.75) is 33.1 Å². The lowest BCUT2D eigenvalue weighted by Crippen LogP contribution is -2.14. The standard InChI is InChI=1S/C18H21NO2/c1-11-9-13(17(21)14(10-11)18(2,3)4)16(20)12-7-5-6-8-15(12)19/h5-10,21H,19H2,1-4H3. The molecule has 2 aromatic carbocycles. The SMILES string of the molecule is Cc1cc(C(=O)c2ccccc2N)c(O)c(C(C)(C)C)c1. The van der Waals surface area contributed by atoms with E-state index in [1.807, 2.05) is 33.8 Å². The molecule has 0 radical (unpaired) electrons. The molecule has 2 rings (SSSR count). The van der Waals surface area contributed by atoms with E-state index in [1.165, 1.54) is 0 Å². The summed E-state index contributed by atoms with van der Waals surface area (Å²) in [4.78, 5) is 12.7. The quantitative estimate of drug-likeness (QED) is 0.650. The lowest BCUT2D eigenvalue weighted by Gasteiger charge is -2.22. The number of aromatic hydroxyl groups is 1. The van der Waals surface area contributed by atoms with Gasteiger partial charge in [0, 0.05) is 16.8 Å². The second kappa shape index (κ2) is 5.24. The third-order valence-corrected chi connectivity index (χ3v) is 3.51. The molecule has 3 N–H and O–H groups in total. The Morgan fingerprint density at radius 2 is 1.71 bits per heavy atom. The van der Waals surface area contributed by atoms with Gasteiger partial charge in [0.2, 0.25) is 0 Å². The van der Waals surface area contributed by atoms with Gasteiger partial charge in [-0.05, 0) is 36.1 Å². The summed E-state index contributed by atoms with van der Waals surface area (Å²) >= 11 is 0. The summed E-state index contributed by atoms with van der Waals surface area (Å²) < 4.78 is 0. The number of aryl methyl sites for hydroxylation is 1. The van der Waals surface area contributed by atoms with E-state index < -0.39 is 0 Å². The number of hydrogen-bond acceptors (Lipinski definition) is 3. The first kappa shape index (κ1) is 15.1. The number of anilines is 1. The van der Waals surface area contributed by atoms with Gasteiger partial charge < -0.3 is 10.8 Å². The summed E-state index contributed by atoms with van der Waals surface area (Å²) in [7, 11) is 0. The van der Waals surface area contributed by atoms with Crippen molar-refractivity contribution < 1.29 is 9.90 Å². The zero-order chi connectivity index (χ0) is 15.8. The second-order valence-corrected chi connectivity index (χ2v) is 6.38. The number of benzene rings is 2. The average molecular weight is 283 g/mol. The Labute approximate surface area is 125 Å². The summed E-state index contributed by atoms with van der Waals surface area (Å²) in [5.74, 6) is -0.207. The van der Waals surface area contributed by atoms with Crippen molar-refractivity contribution in [2.24, 2.45) is 0 Å². The molecule has 0 unspecified atom stereocenters. The molecule has 0 spiro atoms. The monoisotopic (exact) mass is 283 g/mol. The smallest absolute Gasteiger partial charge is 0.198 e. The number of para-hydroxylation sites is 1. The molecule has 3 heteroatoms. The van der Waals surface area contributed by atoms with Crippen LogP contribution in [0.2, 0.25) is 0 Å². The molecule has 0 aliphatic rings. The van der Waals surface area contributed by atoms with Crippen LogP contribution >= 0.6 is 0 Å². The van der Waals surface area contributed by atoms with Crippen LogP contribution in [0.15, 0.2) is 36.4 Å². The first-order valence-corrected chi connectivity index (χ1v) is 6.95. The normalized spacial score (nSPS) is 11.4. The molecule has 21 heavy (non-hydrogen) atoms. The fraction of sp³-hybridized carbons (Fsp3) is 0.278. The Bertz CT molecular complexity index is 697. The van der Waals surface area contributed by atoms with Gasteiger partial charge in [-0.3, -0.25) is 4.79 Å². The summed E-state index contributed by atoms with van der Waals surface area (Å²) in [6, 6.07) is 10.5. The number of nitrogen functional groups attached to an aromatic ring is 1. The molecule has 0 saturated heterocycles. The van der Waals surface area contributed by atoms with E-state index in [2.05, 4.69) is 0 Å². The summed E-state index contributed by atoms with van der Waals surface area (Å²) in [5.41, 5.74) is 8.47. The molecule has 0 aromatic heterocycles. The Morgan fingerprint density at radius 3 is 2.29 bits per heavy atom. The van der Waals surface area contributed by atoms with Crippen LogP contribution in [0.25, 0.3) is 0 Å². The van der Waals surface area contributed by atoms with E-state index in [1.54, 1.807) is 30.3 Å². The fourth-order valence-corrected chi connectivity index (χ4v) is 2.37. The molecule has 0 amide bonds. The van der Waals surface area contributed by atoms with E-state index in [-0.39, 0.29) is 16.9 Å². The highest BCUT2D eigenvalue weighted by molar-refractivity contribution is 6.13. The number of phenols is 1. The zero-order valence-corrected chi connectivity index (χ0v) is 12.9. The summed E-state index contributed by atoms with van der Waals surface area (Å²) in [6.45, 7) is 7.94. The second-order valence-electron chi connectivity index (χ2n) is 6.38. The Morgan fingerprint density at radius 1 is 1.10 bits per heavy atom. The van der Waals surface area contributed by atoms with Gasteiger partial charge in [-0.1, -0.05) is 39.0 Å². The van der Waals surface area contributed by atoms with E-state index >= 15 is 0 Å². The largest absolute Gasteiger partial charge is 0.507 e. The molecule has 0 aliphatic heterocycles. The van der Waals surface area contributed by atoms with Crippen molar-refractivity contribution in [3.8, 4) is 5.75 Å². The molecular weight excluding hydrogens is 262 g/mol. The number of nitrogens with two attached hydrogens (primary N) is 1. The van der Waals surface area contributed by atoms with Crippen LogP contribution < -0.4 is 5.73 Å².